The second kappa shape index (κ2) is 6.48. The molecule has 0 radical (unpaired) electrons. The molecule has 0 aliphatic carbocycles. The minimum atomic E-state index is -3.73. The first-order valence-corrected chi connectivity index (χ1v) is 7.35. The Morgan fingerprint density at radius 1 is 1.56 bits per heavy atom. The van der Waals surface area contributed by atoms with Crippen molar-refractivity contribution in [1.29, 1.82) is 0 Å². The van der Waals surface area contributed by atoms with Crippen molar-refractivity contribution in [2.75, 3.05) is 26.1 Å². The van der Waals surface area contributed by atoms with Crippen LogP contribution in [0.5, 0.6) is 0 Å². The van der Waals surface area contributed by atoms with Gasteiger partial charge in [0.1, 0.15) is 0 Å². The number of ether oxygens (including phenoxy) is 1. The van der Waals surface area contributed by atoms with Gasteiger partial charge in [-0.25, -0.2) is 13.1 Å². The van der Waals surface area contributed by atoms with Crippen molar-refractivity contribution in [2.24, 2.45) is 0 Å². The van der Waals surface area contributed by atoms with Crippen LogP contribution in [0.3, 0.4) is 0 Å². The highest BCUT2D eigenvalue weighted by atomic mass is 79.9. The first-order chi connectivity index (χ1) is 8.40. The van der Waals surface area contributed by atoms with Crippen LogP contribution in [0, 0.1) is 0 Å². The van der Waals surface area contributed by atoms with Crippen LogP contribution in [0.4, 0.5) is 5.69 Å². The molecular weight excluding hydrogens is 324 g/mol. The van der Waals surface area contributed by atoms with E-state index in [0.29, 0.717) is 10.2 Å². The zero-order valence-electron chi connectivity index (χ0n) is 9.76. The summed E-state index contributed by atoms with van der Waals surface area (Å²) in [6.45, 7) is -0.262. The molecule has 102 valence electrons. The number of benzene rings is 1. The van der Waals surface area contributed by atoms with E-state index in [9.17, 15) is 8.42 Å². The number of halogens is 1. The fourth-order valence-electron chi connectivity index (χ4n) is 1.34. The number of nitrogens with two attached hydrogens (primary N) is 1. The average molecular weight is 339 g/mol. The lowest BCUT2D eigenvalue weighted by atomic mass is 10.3. The number of nitrogens with one attached hydrogen (secondary N) is 1. The summed E-state index contributed by atoms with van der Waals surface area (Å²) in [7, 11) is -2.31. The van der Waals surface area contributed by atoms with Gasteiger partial charge in [0, 0.05) is 17.3 Å². The molecule has 0 saturated heterocycles. The van der Waals surface area contributed by atoms with E-state index >= 15 is 0 Å². The number of aliphatic hydroxyl groups excluding tert-OH is 1. The number of hydrogen-bond acceptors (Lipinski definition) is 5. The molecule has 0 saturated carbocycles. The van der Waals surface area contributed by atoms with E-state index in [-0.39, 0.29) is 18.1 Å². The van der Waals surface area contributed by atoms with E-state index in [1.807, 2.05) is 0 Å². The molecule has 0 amide bonds. The number of anilines is 1. The van der Waals surface area contributed by atoms with Crippen molar-refractivity contribution in [3.8, 4) is 0 Å². The van der Waals surface area contributed by atoms with E-state index in [2.05, 4.69) is 20.7 Å². The van der Waals surface area contributed by atoms with Crippen molar-refractivity contribution >= 4 is 31.6 Å². The van der Waals surface area contributed by atoms with Crippen molar-refractivity contribution in [1.82, 2.24) is 4.72 Å². The van der Waals surface area contributed by atoms with Gasteiger partial charge in [0.25, 0.3) is 0 Å². The fourth-order valence-corrected chi connectivity index (χ4v) is 3.65. The molecule has 0 spiro atoms. The predicted octanol–water partition coefficient (Wildman–Crippen LogP) is 0.317. The Hall–Kier alpha value is -0.670. The monoisotopic (exact) mass is 338 g/mol. The molecule has 18 heavy (non-hydrogen) atoms. The maximum atomic E-state index is 12.1. The van der Waals surface area contributed by atoms with Crippen molar-refractivity contribution in [2.45, 2.75) is 10.9 Å². The molecule has 1 atom stereocenters. The first kappa shape index (κ1) is 15.4. The molecule has 8 heteroatoms. The van der Waals surface area contributed by atoms with Crippen LogP contribution in [0.25, 0.3) is 0 Å². The topological polar surface area (TPSA) is 102 Å². The molecule has 1 rings (SSSR count). The zero-order chi connectivity index (χ0) is 13.8. The highest BCUT2D eigenvalue weighted by Crippen LogP contribution is 2.24. The first-order valence-electron chi connectivity index (χ1n) is 5.08. The minimum Gasteiger partial charge on any atom is -0.399 e. The lowest BCUT2D eigenvalue weighted by Crippen LogP contribution is -2.40. The molecule has 0 bridgehead atoms. The maximum absolute atomic E-state index is 12.1. The summed E-state index contributed by atoms with van der Waals surface area (Å²) in [5, 5.41) is 9.04. The van der Waals surface area contributed by atoms with Crippen LogP contribution < -0.4 is 10.5 Å². The Morgan fingerprint density at radius 2 is 2.22 bits per heavy atom. The Morgan fingerprint density at radius 3 is 2.72 bits per heavy atom. The van der Waals surface area contributed by atoms with Gasteiger partial charge in [-0.1, -0.05) is 0 Å². The molecule has 0 heterocycles. The smallest absolute Gasteiger partial charge is 0.242 e. The van der Waals surface area contributed by atoms with E-state index in [0.717, 1.165) is 0 Å². The quantitative estimate of drug-likeness (QED) is 0.648. The van der Waals surface area contributed by atoms with Gasteiger partial charge in [-0.3, -0.25) is 0 Å². The summed E-state index contributed by atoms with van der Waals surface area (Å²) in [6, 6.07) is 3.69. The molecule has 0 fully saturated rings. The Bertz CT molecular complexity index is 507. The summed E-state index contributed by atoms with van der Waals surface area (Å²) in [5.41, 5.74) is 6.00. The third-order valence-corrected chi connectivity index (χ3v) is 4.65. The summed E-state index contributed by atoms with van der Waals surface area (Å²) in [6.07, 6.45) is 0. The second-order valence-corrected chi connectivity index (χ2v) is 6.18. The minimum absolute atomic E-state index is 0.0613. The van der Waals surface area contributed by atoms with E-state index in [4.69, 9.17) is 15.6 Å². The Kier molecular flexibility index (Phi) is 5.54. The number of rotatable bonds is 6. The molecule has 6 nitrogen and oxygen atoms in total. The average Bonchev–Trinajstić information content (AvgIpc) is 2.27. The SMILES string of the molecule is COCC(CO)NS(=O)(=O)c1ccc(N)cc1Br. The normalized spacial score (nSPS) is 13.5. The van der Waals surface area contributed by atoms with E-state index in [1.165, 1.54) is 25.3 Å². The summed E-state index contributed by atoms with van der Waals surface area (Å²) in [5.74, 6) is 0. The third-order valence-electron chi connectivity index (χ3n) is 2.16. The number of hydrogen-bond donors (Lipinski definition) is 3. The standard InChI is InChI=1S/C10H15BrN2O4S/c1-17-6-8(5-14)13-18(15,16)10-3-2-7(12)4-9(10)11/h2-4,8,13-14H,5-6,12H2,1H3. The highest BCUT2D eigenvalue weighted by molar-refractivity contribution is 9.10. The van der Waals surface area contributed by atoms with Gasteiger partial charge in [0.05, 0.1) is 24.2 Å². The van der Waals surface area contributed by atoms with Crippen molar-refractivity contribution in [3.05, 3.63) is 22.7 Å². The Balaban J connectivity index is 2.99. The number of methoxy groups -OCH3 is 1. The van der Waals surface area contributed by atoms with E-state index < -0.39 is 16.1 Å². The van der Waals surface area contributed by atoms with E-state index in [1.54, 1.807) is 0 Å². The van der Waals surface area contributed by atoms with Gasteiger partial charge in [0.2, 0.25) is 10.0 Å². The van der Waals surface area contributed by atoms with Crippen LogP contribution in [0.1, 0.15) is 0 Å². The van der Waals surface area contributed by atoms with Crippen molar-refractivity contribution < 1.29 is 18.3 Å². The van der Waals surface area contributed by atoms with Crippen molar-refractivity contribution in [3.63, 3.8) is 0 Å². The molecule has 1 aromatic rings. The van der Waals surface area contributed by atoms with Gasteiger partial charge in [-0.2, -0.15) is 0 Å². The second-order valence-electron chi connectivity index (χ2n) is 3.65. The maximum Gasteiger partial charge on any atom is 0.242 e. The molecule has 4 N–H and O–H groups in total. The van der Waals surface area contributed by atoms with Gasteiger partial charge < -0.3 is 15.6 Å². The third kappa shape index (κ3) is 3.92. The fraction of sp³-hybridized carbons (Fsp3) is 0.400. The molecular formula is C10H15BrN2O4S. The zero-order valence-corrected chi connectivity index (χ0v) is 12.2. The van der Waals surface area contributed by atoms with Crippen LogP contribution in [0.2, 0.25) is 0 Å². The summed E-state index contributed by atoms with van der Waals surface area (Å²) in [4.78, 5) is 0.0613. The highest BCUT2D eigenvalue weighted by Gasteiger charge is 2.21. The number of nitrogen functional groups attached to an aromatic ring is 1. The van der Waals surface area contributed by atoms with Gasteiger partial charge >= 0.3 is 0 Å². The van der Waals surface area contributed by atoms with Gasteiger partial charge in [0.15, 0.2) is 0 Å². The molecule has 1 aromatic carbocycles. The predicted molar refractivity (Wildman–Crippen MR) is 71.6 cm³/mol. The van der Waals surface area contributed by atoms with Crippen LogP contribution in [0.15, 0.2) is 27.6 Å². The lowest BCUT2D eigenvalue weighted by molar-refractivity contribution is 0.139. The largest absolute Gasteiger partial charge is 0.399 e. The lowest BCUT2D eigenvalue weighted by Gasteiger charge is -2.16. The molecule has 1 unspecified atom stereocenters. The van der Waals surface area contributed by atoms with Crippen LogP contribution >= 0.6 is 15.9 Å². The molecule has 0 aromatic heterocycles. The Labute approximate surface area is 114 Å². The van der Waals surface area contributed by atoms with Crippen LogP contribution in [-0.4, -0.2) is 39.9 Å². The molecule has 0 aliphatic heterocycles. The molecule has 0 aliphatic rings. The number of aliphatic hydroxyl groups is 1. The summed E-state index contributed by atoms with van der Waals surface area (Å²) < 4.78 is 31.6. The van der Waals surface area contributed by atoms with Crippen LogP contribution in [-0.2, 0) is 14.8 Å². The number of sulfonamides is 1. The summed E-state index contributed by atoms with van der Waals surface area (Å²) >= 11 is 3.14. The van der Waals surface area contributed by atoms with Gasteiger partial charge in [-0.15, -0.1) is 0 Å². The van der Waals surface area contributed by atoms with Gasteiger partial charge in [-0.05, 0) is 34.1 Å².